The largest absolute Gasteiger partial charge is 3.00 e. The van der Waals surface area contributed by atoms with Crippen LogP contribution >= 0.6 is 0 Å². The zero-order valence-electron chi connectivity index (χ0n) is 9.81. The van der Waals surface area contributed by atoms with Crippen molar-refractivity contribution in [2.24, 2.45) is 10.8 Å². The monoisotopic (exact) mass is 350 g/mol. The topological polar surface area (TPSA) is 34.1 Å². The van der Waals surface area contributed by atoms with Crippen LogP contribution in [0.25, 0.3) is 0 Å². The molecule has 0 heterocycles. The first-order valence-corrected chi connectivity index (χ1v) is 4.62. The van der Waals surface area contributed by atoms with Crippen LogP contribution in [0.3, 0.4) is 0 Å². The van der Waals surface area contributed by atoms with E-state index in [0.29, 0.717) is 0 Å². The molecule has 0 atom stereocenters. The fourth-order valence-electron chi connectivity index (χ4n) is 0.676. The van der Waals surface area contributed by atoms with Crippen LogP contribution in [-0.4, -0.2) is 11.6 Å². The molecule has 0 rings (SSSR count). The van der Waals surface area contributed by atoms with E-state index in [4.69, 9.17) is 0 Å². The Morgan fingerprint density at radius 3 is 1.14 bits per heavy atom. The Balaban J connectivity index is 0. The summed E-state index contributed by atoms with van der Waals surface area (Å²) in [6, 6.07) is 0. The van der Waals surface area contributed by atoms with Crippen LogP contribution in [0.5, 0.6) is 0 Å². The average Bonchev–Trinajstić information content (AvgIpc) is 1.82. The SMILES string of the molecule is CC(C)(C)C(=O)CC(=O)C(C)(C)C.[Er+3]. The van der Waals surface area contributed by atoms with Gasteiger partial charge in [-0.05, 0) is 0 Å². The third-order valence-electron chi connectivity index (χ3n) is 1.99. The van der Waals surface area contributed by atoms with Gasteiger partial charge in [0.15, 0.2) is 0 Å². The summed E-state index contributed by atoms with van der Waals surface area (Å²) in [7, 11) is 0. The normalized spacial score (nSPS) is 11.9. The number of hydrogen-bond donors (Lipinski definition) is 0. The summed E-state index contributed by atoms with van der Waals surface area (Å²) < 4.78 is 0. The van der Waals surface area contributed by atoms with Gasteiger partial charge in [0.25, 0.3) is 0 Å². The van der Waals surface area contributed by atoms with Crippen molar-refractivity contribution < 1.29 is 46.9 Å². The van der Waals surface area contributed by atoms with Gasteiger partial charge in [0.05, 0.1) is 6.42 Å². The van der Waals surface area contributed by atoms with Gasteiger partial charge in [0.1, 0.15) is 11.6 Å². The Labute approximate surface area is 116 Å². The summed E-state index contributed by atoms with van der Waals surface area (Å²) in [5.41, 5.74) is -0.804. The van der Waals surface area contributed by atoms with E-state index in [-0.39, 0.29) is 55.3 Å². The molecule has 0 N–H and O–H groups in total. The summed E-state index contributed by atoms with van der Waals surface area (Å²) >= 11 is 0. The van der Waals surface area contributed by atoms with E-state index >= 15 is 0 Å². The summed E-state index contributed by atoms with van der Waals surface area (Å²) in [6.07, 6.45) is 0.0625. The number of Topliss-reactive ketones (excluding diaryl/α,β-unsaturated/α-hetero) is 2. The molecule has 0 unspecified atom stereocenters. The van der Waals surface area contributed by atoms with Crippen molar-refractivity contribution >= 4 is 11.6 Å². The van der Waals surface area contributed by atoms with Gasteiger partial charge in [-0.25, -0.2) is 0 Å². The smallest absolute Gasteiger partial charge is 0.299 e. The molecule has 0 bridgehead atoms. The number of hydrogen-bond acceptors (Lipinski definition) is 2. The van der Waals surface area contributed by atoms with Gasteiger partial charge in [-0.3, -0.25) is 9.59 Å². The second-order valence-corrected chi connectivity index (χ2v) is 5.52. The molecular weight excluding hydrogens is 331 g/mol. The minimum Gasteiger partial charge on any atom is -0.299 e. The molecule has 0 spiro atoms. The number of carbonyl (C=O) groups is 2. The first kappa shape index (κ1) is 17.0. The van der Waals surface area contributed by atoms with Crippen molar-refractivity contribution in [2.75, 3.05) is 0 Å². The minimum absolute atomic E-state index is 0. The Morgan fingerprint density at radius 1 is 0.786 bits per heavy atom. The third kappa shape index (κ3) is 6.14. The summed E-state index contributed by atoms with van der Waals surface area (Å²) in [4.78, 5) is 23.0. The molecule has 1 radical (unpaired) electrons. The fraction of sp³-hybridized carbons (Fsp3) is 0.818. The molecule has 0 aromatic heterocycles. The fourth-order valence-corrected chi connectivity index (χ4v) is 0.676. The molecule has 14 heavy (non-hydrogen) atoms. The summed E-state index contributed by atoms with van der Waals surface area (Å²) in [6.45, 7) is 11.0. The van der Waals surface area contributed by atoms with E-state index in [1.54, 1.807) is 0 Å². The van der Waals surface area contributed by atoms with Crippen LogP contribution in [0.1, 0.15) is 48.0 Å². The van der Waals surface area contributed by atoms with Crippen LogP contribution in [0.2, 0.25) is 0 Å². The van der Waals surface area contributed by atoms with E-state index in [1.807, 2.05) is 41.5 Å². The molecule has 0 amide bonds. The standard InChI is InChI=1S/C11H20O2.Er/c1-10(2,3)8(12)7-9(13)11(4,5)6;/h7H2,1-6H3;/q;+3. The second-order valence-electron chi connectivity index (χ2n) is 5.52. The molecular formula is C11H20ErO2+3. The first-order valence-electron chi connectivity index (χ1n) is 4.62. The van der Waals surface area contributed by atoms with Crippen molar-refractivity contribution in [1.82, 2.24) is 0 Å². The Kier molecular flexibility index (Phi) is 6.81. The van der Waals surface area contributed by atoms with Crippen molar-refractivity contribution in [1.29, 1.82) is 0 Å². The Morgan fingerprint density at radius 2 is 1.00 bits per heavy atom. The molecule has 0 fully saturated rings. The molecule has 85 valence electrons. The molecule has 0 saturated heterocycles. The second kappa shape index (κ2) is 5.61. The van der Waals surface area contributed by atoms with Crippen molar-refractivity contribution in [2.45, 2.75) is 48.0 Å². The maximum atomic E-state index is 11.5. The quantitative estimate of drug-likeness (QED) is 0.717. The first-order chi connectivity index (χ1) is 5.55. The maximum absolute atomic E-state index is 11.5. The number of ketones is 2. The van der Waals surface area contributed by atoms with Crippen molar-refractivity contribution in [3.63, 3.8) is 0 Å². The molecule has 0 aliphatic rings. The number of rotatable bonds is 2. The van der Waals surface area contributed by atoms with Crippen LogP contribution in [-0.2, 0) is 9.59 Å². The van der Waals surface area contributed by atoms with Crippen LogP contribution in [0.4, 0.5) is 0 Å². The van der Waals surface area contributed by atoms with Crippen LogP contribution < -0.4 is 0 Å². The van der Waals surface area contributed by atoms with Crippen molar-refractivity contribution in [3.05, 3.63) is 0 Å². The van der Waals surface area contributed by atoms with E-state index in [1.165, 1.54) is 0 Å². The van der Waals surface area contributed by atoms with E-state index in [0.717, 1.165) is 0 Å². The molecule has 2 nitrogen and oxygen atoms in total. The minimum atomic E-state index is -0.402. The van der Waals surface area contributed by atoms with E-state index < -0.39 is 10.8 Å². The zero-order valence-corrected chi connectivity index (χ0v) is 11.7. The average molecular weight is 352 g/mol. The van der Waals surface area contributed by atoms with Gasteiger partial charge in [0, 0.05) is 10.8 Å². The maximum Gasteiger partial charge on any atom is 3.00 e. The zero-order chi connectivity index (χ0) is 10.9. The molecule has 0 aromatic rings. The van der Waals surface area contributed by atoms with E-state index in [9.17, 15) is 9.59 Å². The molecule has 0 aliphatic carbocycles. The third-order valence-corrected chi connectivity index (χ3v) is 1.99. The Hall–Kier alpha value is 0.587. The van der Waals surface area contributed by atoms with Crippen LogP contribution in [0.15, 0.2) is 0 Å². The van der Waals surface area contributed by atoms with Gasteiger partial charge >= 0.3 is 37.3 Å². The summed E-state index contributed by atoms with van der Waals surface area (Å²) in [5.74, 6) is 0.0415. The van der Waals surface area contributed by atoms with Gasteiger partial charge in [-0.15, -0.1) is 0 Å². The predicted molar refractivity (Wildman–Crippen MR) is 53.5 cm³/mol. The molecule has 0 saturated carbocycles. The molecule has 0 aromatic carbocycles. The van der Waals surface area contributed by atoms with Crippen LogP contribution in [0, 0.1) is 48.1 Å². The molecule has 0 aliphatic heterocycles. The van der Waals surface area contributed by atoms with Gasteiger partial charge in [-0.2, -0.15) is 0 Å². The van der Waals surface area contributed by atoms with Gasteiger partial charge in [-0.1, -0.05) is 41.5 Å². The summed E-state index contributed by atoms with van der Waals surface area (Å²) in [5, 5.41) is 0. The Bertz CT molecular complexity index is 194. The number of carbonyl (C=O) groups excluding carboxylic acids is 2. The molecule has 3 heteroatoms. The predicted octanol–water partition coefficient (Wildman–Crippen LogP) is 2.61. The van der Waals surface area contributed by atoms with E-state index in [2.05, 4.69) is 0 Å². The van der Waals surface area contributed by atoms with Crippen molar-refractivity contribution in [3.8, 4) is 0 Å². The van der Waals surface area contributed by atoms with Gasteiger partial charge < -0.3 is 0 Å². The van der Waals surface area contributed by atoms with Gasteiger partial charge in [0.2, 0.25) is 0 Å².